The van der Waals surface area contributed by atoms with Gasteiger partial charge in [0, 0.05) is 12.0 Å². The van der Waals surface area contributed by atoms with Crippen LogP contribution in [-0.4, -0.2) is 29.7 Å². The summed E-state index contributed by atoms with van der Waals surface area (Å²) in [5, 5.41) is 9.94. The van der Waals surface area contributed by atoms with Gasteiger partial charge < -0.3 is 9.52 Å². The average molecular weight is 263 g/mol. The SMILES string of the molecule is OCC1CCN(Cc2cc3cc(F)ccc3o2)CC1. The maximum atomic E-state index is 13.1. The van der Waals surface area contributed by atoms with Crippen molar-refractivity contribution in [2.45, 2.75) is 19.4 Å². The number of halogens is 1. The molecule has 19 heavy (non-hydrogen) atoms. The third-order valence-electron chi connectivity index (χ3n) is 3.87. The van der Waals surface area contributed by atoms with Crippen molar-refractivity contribution in [3.8, 4) is 0 Å². The number of hydrogen-bond acceptors (Lipinski definition) is 3. The molecule has 1 aromatic carbocycles. The molecule has 1 aliphatic rings. The number of rotatable bonds is 3. The fourth-order valence-electron chi connectivity index (χ4n) is 2.69. The molecule has 2 aromatic rings. The van der Waals surface area contributed by atoms with E-state index in [0.29, 0.717) is 5.92 Å². The summed E-state index contributed by atoms with van der Waals surface area (Å²) in [6.45, 7) is 3.01. The van der Waals surface area contributed by atoms with Crippen molar-refractivity contribution in [2.24, 2.45) is 5.92 Å². The molecule has 0 bridgehead atoms. The lowest BCUT2D eigenvalue weighted by Gasteiger charge is -2.30. The van der Waals surface area contributed by atoms with E-state index in [1.165, 1.54) is 12.1 Å². The van der Waals surface area contributed by atoms with E-state index in [0.717, 1.165) is 49.2 Å². The second-order valence-corrected chi connectivity index (χ2v) is 5.30. The van der Waals surface area contributed by atoms with Gasteiger partial charge in [0.05, 0.1) is 6.54 Å². The van der Waals surface area contributed by atoms with E-state index in [1.807, 2.05) is 6.07 Å². The molecular weight excluding hydrogens is 245 g/mol. The van der Waals surface area contributed by atoms with Crippen molar-refractivity contribution >= 4 is 11.0 Å². The van der Waals surface area contributed by atoms with Gasteiger partial charge in [-0.1, -0.05) is 0 Å². The predicted molar refractivity (Wildman–Crippen MR) is 71.3 cm³/mol. The van der Waals surface area contributed by atoms with Crippen LogP contribution in [0.15, 0.2) is 28.7 Å². The molecule has 1 saturated heterocycles. The predicted octanol–water partition coefficient (Wildman–Crippen LogP) is 2.78. The highest BCUT2D eigenvalue weighted by Gasteiger charge is 2.19. The topological polar surface area (TPSA) is 36.6 Å². The van der Waals surface area contributed by atoms with Gasteiger partial charge in [-0.3, -0.25) is 4.90 Å². The van der Waals surface area contributed by atoms with Crippen molar-refractivity contribution in [1.82, 2.24) is 4.90 Å². The number of likely N-dealkylation sites (tertiary alicyclic amines) is 1. The van der Waals surface area contributed by atoms with Gasteiger partial charge in [-0.15, -0.1) is 0 Å². The molecule has 0 aliphatic carbocycles. The van der Waals surface area contributed by atoms with Crippen molar-refractivity contribution in [3.05, 3.63) is 35.8 Å². The lowest BCUT2D eigenvalue weighted by Crippen LogP contribution is -2.34. The zero-order valence-corrected chi connectivity index (χ0v) is 10.8. The number of aliphatic hydroxyl groups excluding tert-OH is 1. The minimum absolute atomic E-state index is 0.233. The monoisotopic (exact) mass is 263 g/mol. The maximum Gasteiger partial charge on any atom is 0.134 e. The van der Waals surface area contributed by atoms with Crippen LogP contribution in [-0.2, 0) is 6.54 Å². The standard InChI is InChI=1S/C15H18FNO2/c16-13-1-2-15-12(7-13)8-14(19-15)9-17-5-3-11(10-18)4-6-17/h1-2,7-8,11,18H,3-6,9-10H2. The zero-order valence-electron chi connectivity index (χ0n) is 10.8. The normalized spacial score (nSPS) is 18.2. The Morgan fingerprint density at radius 3 is 2.79 bits per heavy atom. The molecule has 1 aliphatic heterocycles. The summed E-state index contributed by atoms with van der Waals surface area (Å²) in [4.78, 5) is 2.32. The van der Waals surface area contributed by atoms with Crippen LogP contribution >= 0.6 is 0 Å². The van der Waals surface area contributed by atoms with Gasteiger partial charge in [-0.05, 0) is 56.1 Å². The minimum Gasteiger partial charge on any atom is -0.460 e. The molecule has 0 radical (unpaired) electrons. The van der Waals surface area contributed by atoms with Gasteiger partial charge in [0.1, 0.15) is 17.2 Å². The van der Waals surface area contributed by atoms with E-state index in [9.17, 15) is 4.39 Å². The highest BCUT2D eigenvalue weighted by Crippen LogP contribution is 2.23. The number of benzene rings is 1. The highest BCUT2D eigenvalue weighted by molar-refractivity contribution is 5.77. The van der Waals surface area contributed by atoms with Gasteiger partial charge in [0.15, 0.2) is 0 Å². The van der Waals surface area contributed by atoms with Gasteiger partial charge in [0.25, 0.3) is 0 Å². The van der Waals surface area contributed by atoms with Crippen molar-refractivity contribution in [3.63, 3.8) is 0 Å². The van der Waals surface area contributed by atoms with Crippen LogP contribution in [0.5, 0.6) is 0 Å². The molecular formula is C15H18FNO2. The molecule has 2 heterocycles. The Morgan fingerprint density at radius 1 is 1.26 bits per heavy atom. The summed E-state index contributed by atoms with van der Waals surface area (Å²) >= 11 is 0. The second-order valence-electron chi connectivity index (χ2n) is 5.30. The van der Waals surface area contributed by atoms with Crippen molar-refractivity contribution in [2.75, 3.05) is 19.7 Å². The Labute approximate surface area is 111 Å². The number of aliphatic hydroxyl groups is 1. The molecule has 1 aromatic heterocycles. The molecule has 0 atom stereocenters. The van der Waals surface area contributed by atoms with E-state index in [4.69, 9.17) is 9.52 Å². The molecule has 0 spiro atoms. The number of fused-ring (bicyclic) bond motifs is 1. The maximum absolute atomic E-state index is 13.1. The van der Waals surface area contributed by atoms with E-state index in [2.05, 4.69) is 4.90 Å². The van der Waals surface area contributed by atoms with Gasteiger partial charge in [0.2, 0.25) is 0 Å². The third-order valence-corrected chi connectivity index (χ3v) is 3.87. The fourth-order valence-corrected chi connectivity index (χ4v) is 2.69. The number of furan rings is 1. The van der Waals surface area contributed by atoms with Gasteiger partial charge >= 0.3 is 0 Å². The van der Waals surface area contributed by atoms with Crippen LogP contribution < -0.4 is 0 Å². The Bertz CT molecular complexity index is 558. The van der Waals surface area contributed by atoms with Crippen LogP contribution in [0, 0.1) is 11.7 Å². The van der Waals surface area contributed by atoms with Crippen molar-refractivity contribution in [1.29, 1.82) is 0 Å². The molecule has 3 nitrogen and oxygen atoms in total. The van der Waals surface area contributed by atoms with E-state index < -0.39 is 0 Å². The summed E-state index contributed by atoms with van der Waals surface area (Å²) in [6, 6.07) is 6.51. The largest absolute Gasteiger partial charge is 0.460 e. The smallest absolute Gasteiger partial charge is 0.134 e. The lowest BCUT2D eigenvalue weighted by molar-refractivity contribution is 0.122. The second kappa shape index (κ2) is 5.31. The quantitative estimate of drug-likeness (QED) is 0.925. The highest BCUT2D eigenvalue weighted by atomic mass is 19.1. The molecule has 0 saturated carbocycles. The molecule has 4 heteroatoms. The first-order valence-corrected chi connectivity index (χ1v) is 6.76. The molecule has 1 N–H and O–H groups in total. The summed E-state index contributed by atoms with van der Waals surface area (Å²) in [6.07, 6.45) is 2.07. The Balaban J connectivity index is 1.68. The minimum atomic E-state index is -0.233. The first-order chi connectivity index (χ1) is 9.24. The Morgan fingerprint density at radius 2 is 2.05 bits per heavy atom. The lowest BCUT2D eigenvalue weighted by atomic mass is 9.98. The van der Waals surface area contributed by atoms with E-state index in [-0.39, 0.29) is 12.4 Å². The van der Waals surface area contributed by atoms with Gasteiger partial charge in [-0.2, -0.15) is 0 Å². The Kier molecular flexibility index (Phi) is 3.53. The van der Waals surface area contributed by atoms with E-state index in [1.54, 1.807) is 6.07 Å². The summed E-state index contributed by atoms with van der Waals surface area (Å²) in [5.41, 5.74) is 0.738. The fraction of sp³-hybridized carbons (Fsp3) is 0.467. The van der Waals surface area contributed by atoms with E-state index >= 15 is 0 Å². The van der Waals surface area contributed by atoms with Gasteiger partial charge in [-0.25, -0.2) is 4.39 Å². The zero-order chi connectivity index (χ0) is 13.2. The summed E-state index contributed by atoms with van der Waals surface area (Å²) in [5.74, 6) is 1.09. The molecule has 0 unspecified atom stereocenters. The number of hydrogen-bond donors (Lipinski definition) is 1. The number of nitrogens with zero attached hydrogens (tertiary/aromatic N) is 1. The summed E-state index contributed by atoms with van der Waals surface area (Å²) in [7, 11) is 0. The van der Waals surface area contributed by atoms with Crippen molar-refractivity contribution < 1.29 is 13.9 Å². The van der Waals surface area contributed by atoms with Crippen LogP contribution in [0.3, 0.4) is 0 Å². The van der Waals surface area contributed by atoms with Crippen LogP contribution in [0.25, 0.3) is 11.0 Å². The van der Waals surface area contributed by atoms with Crippen LogP contribution in [0.4, 0.5) is 4.39 Å². The third kappa shape index (κ3) is 2.80. The Hall–Kier alpha value is -1.39. The molecule has 3 rings (SSSR count). The van der Waals surface area contributed by atoms with Crippen LogP contribution in [0.2, 0.25) is 0 Å². The first kappa shape index (κ1) is 12.6. The van der Waals surface area contributed by atoms with Crippen LogP contribution in [0.1, 0.15) is 18.6 Å². The first-order valence-electron chi connectivity index (χ1n) is 6.76. The summed E-state index contributed by atoms with van der Waals surface area (Å²) < 4.78 is 18.8. The average Bonchev–Trinajstić information content (AvgIpc) is 2.81. The molecule has 0 amide bonds. The molecule has 1 fully saturated rings. The number of piperidine rings is 1. The molecule has 102 valence electrons.